The van der Waals surface area contributed by atoms with Crippen LogP contribution in [0.1, 0.15) is 16.1 Å². The summed E-state index contributed by atoms with van der Waals surface area (Å²) < 4.78 is 16.8. The van der Waals surface area contributed by atoms with Crippen LogP contribution in [0.5, 0.6) is 0 Å². The third-order valence-corrected chi connectivity index (χ3v) is 6.66. The third kappa shape index (κ3) is 5.56. The number of benzene rings is 1. The van der Waals surface area contributed by atoms with Gasteiger partial charge in [0, 0.05) is 30.7 Å². The average Bonchev–Trinajstić information content (AvgIpc) is 3.44. The first-order valence-electron chi connectivity index (χ1n) is 10.4. The molecule has 1 fully saturated rings. The number of carbonyl (C=O) groups excluding carboxylic acids is 2. The number of likely N-dealkylation sites (tertiary alicyclic amines) is 1. The number of rotatable bonds is 7. The Balaban J connectivity index is 1.48. The summed E-state index contributed by atoms with van der Waals surface area (Å²) in [4.78, 5) is 54.1. The average molecular weight is 520 g/mol. The van der Waals surface area contributed by atoms with Gasteiger partial charge in [-0.25, -0.2) is 0 Å². The van der Waals surface area contributed by atoms with E-state index in [-0.39, 0.29) is 29.3 Å². The van der Waals surface area contributed by atoms with E-state index in [0.717, 1.165) is 17.5 Å². The van der Waals surface area contributed by atoms with Crippen molar-refractivity contribution >= 4 is 46.4 Å². The predicted octanol–water partition coefficient (Wildman–Crippen LogP) is 2.12. The van der Waals surface area contributed by atoms with Crippen LogP contribution >= 0.6 is 22.9 Å². The molecule has 4 rings (SSSR count). The number of amides is 2. The van der Waals surface area contributed by atoms with E-state index in [4.69, 9.17) is 11.6 Å². The van der Waals surface area contributed by atoms with Crippen molar-refractivity contribution in [2.45, 2.75) is 18.5 Å². The number of carboxylic acids is 1. The molecule has 0 bridgehead atoms. The first-order chi connectivity index (χ1) is 16.7. The molecular weight excluding hydrogens is 501 g/mol. The Morgan fingerprint density at radius 3 is 2.60 bits per heavy atom. The van der Waals surface area contributed by atoms with Gasteiger partial charge in [-0.15, -0.1) is 16.5 Å². The van der Waals surface area contributed by atoms with Gasteiger partial charge in [-0.05, 0) is 42.8 Å². The number of carbonyl (C=O) groups is 3. The largest absolute Gasteiger partial charge is 0.480 e. The highest BCUT2D eigenvalue weighted by Gasteiger charge is 2.41. The summed E-state index contributed by atoms with van der Waals surface area (Å²) in [7, 11) is 0. The Morgan fingerprint density at radius 1 is 1.23 bits per heavy atom. The Labute approximate surface area is 207 Å². The molecule has 2 N–H and O–H groups in total. The van der Waals surface area contributed by atoms with E-state index in [1.807, 2.05) is 0 Å². The van der Waals surface area contributed by atoms with Crippen LogP contribution in [0.25, 0.3) is 5.69 Å². The Bertz CT molecular complexity index is 1310. The first kappa shape index (κ1) is 24.5. The molecule has 10 nitrogen and oxygen atoms in total. The molecule has 13 heteroatoms. The van der Waals surface area contributed by atoms with Crippen molar-refractivity contribution < 1.29 is 24.0 Å². The molecule has 0 radical (unpaired) electrons. The van der Waals surface area contributed by atoms with Crippen molar-refractivity contribution in [2.75, 3.05) is 18.2 Å². The van der Waals surface area contributed by atoms with Crippen molar-refractivity contribution in [1.82, 2.24) is 19.8 Å². The van der Waals surface area contributed by atoms with Crippen molar-refractivity contribution in [1.29, 1.82) is 0 Å². The summed E-state index contributed by atoms with van der Waals surface area (Å²) in [6.45, 7) is -0.434. The molecule has 3 heterocycles. The van der Waals surface area contributed by atoms with Crippen molar-refractivity contribution in [2.24, 2.45) is 0 Å². The summed E-state index contributed by atoms with van der Waals surface area (Å²) in [5, 5.41) is 11.9. The van der Waals surface area contributed by atoms with Gasteiger partial charge in [-0.1, -0.05) is 16.1 Å². The Morgan fingerprint density at radius 2 is 1.97 bits per heavy atom. The molecule has 0 spiro atoms. The Hall–Kier alpha value is -3.61. The zero-order valence-corrected chi connectivity index (χ0v) is 19.6. The lowest BCUT2D eigenvalue weighted by atomic mass is 10.1. The highest BCUT2D eigenvalue weighted by Crippen LogP contribution is 2.26. The van der Waals surface area contributed by atoms with E-state index in [2.05, 4.69) is 10.3 Å². The number of anilines is 1. The lowest BCUT2D eigenvalue weighted by Gasteiger charge is -2.23. The molecule has 0 aliphatic carbocycles. The number of hydrogen-bond acceptors (Lipinski definition) is 7. The monoisotopic (exact) mass is 519 g/mol. The topological polar surface area (TPSA) is 125 Å². The number of thiophene rings is 1. The molecule has 2 aromatic heterocycles. The molecule has 182 valence electrons. The molecule has 1 aliphatic heterocycles. The fourth-order valence-corrected chi connectivity index (χ4v) is 4.82. The van der Waals surface area contributed by atoms with Crippen LogP contribution in [0.2, 0.25) is 4.34 Å². The smallest absolute Gasteiger partial charge is 0.317 e. The lowest BCUT2D eigenvalue weighted by Crippen LogP contribution is -2.44. The molecule has 1 aromatic carbocycles. The number of aliphatic carboxylic acids is 1. The maximum atomic E-state index is 15.1. The van der Waals surface area contributed by atoms with Gasteiger partial charge in [0.1, 0.15) is 0 Å². The normalized spacial score (nSPS) is 17.8. The molecule has 2 amide bonds. The van der Waals surface area contributed by atoms with Crippen molar-refractivity contribution in [3.63, 3.8) is 0 Å². The predicted molar refractivity (Wildman–Crippen MR) is 127 cm³/mol. The minimum Gasteiger partial charge on any atom is -0.480 e. The lowest BCUT2D eigenvalue weighted by molar-refractivity contribution is -0.139. The van der Waals surface area contributed by atoms with Gasteiger partial charge in [-0.2, -0.15) is 0 Å². The molecule has 1 aliphatic rings. The zero-order chi connectivity index (χ0) is 25.1. The highest BCUT2D eigenvalue weighted by atomic mass is 35.5. The van der Waals surface area contributed by atoms with Crippen LogP contribution in [-0.2, 0) is 9.59 Å². The van der Waals surface area contributed by atoms with E-state index in [1.165, 1.54) is 46.1 Å². The van der Waals surface area contributed by atoms with Crippen molar-refractivity contribution in [3.8, 4) is 5.69 Å². The zero-order valence-electron chi connectivity index (χ0n) is 18.0. The number of halogens is 2. The number of hydrogen-bond donors (Lipinski definition) is 2. The van der Waals surface area contributed by atoms with Gasteiger partial charge in [0.2, 0.25) is 0 Å². The standard InChI is InChI=1S/C22H19ClFN5O5S/c23-18-6-5-17(35-18)21(33)26-13-9-16(27(11-13)12-20(31)32)22(34)29(24)15-3-1-14(2-4-15)28-8-7-25-10-19(28)30/h1-8,10,13,16H,9,11-12H2,(H,26,33)(H,31,32)/t13-,16-/m0/s1. The van der Waals surface area contributed by atoms with Crippen LogP contribution in [0.15, 0.2) is 59.8 Å². The number of nitrogens with one attached hydrogen (secondary N) is 1. The molecule has 0 unspecified atom stereocenters. The van der Waals surface area contributed by atoms with Gasteiger partial charge in [0.25, 0.3) is 17.4 Å². The van der Waals surface area contributed by atoms with Crippen LogP contribution in [-0.4, -0.2) is 62.5 Å². The summed E-state index contributed by atoms with van der Waals surface area (Å²) >= 11 is 6.95. The summed E-state index contributed by atoms with van der Waals surface area (Å²) in [6, 6.07) is 7.07. The maximum Gasteiger partial charge on any atom is 0.317 e. The van der Waals surface area contributed by atoms with Gasteiger partial charge >= 0.3 is 5.97 Å². The Kier molecular flexibility index (Phi) is 7.24. The first-order valence-corrected chi connectivity index (χ1v) is 11.6. The van der Waals surface area contributed by atoms with E-state index in [0.29, 0.717) is 14.9 Å². The number of aromatic nitrogens is 2. The van der Waals surface area contributed by atoms with E-state index in [9.17, 15) is 24.3 Å². The molecule has 1 saturated heterocycles. The van der Waals surface area contributed by atoms with Crippen LogP contribution < -0.4 is 16.0 Å². The summed E-state index contributed by atoms with van der Waals surface area (Å²) in [5.74, 6) is -2.55. The second-order valence-electron chi connectivity index (χ2n) is 7.77. The fraction of sp³-hybridized carbons (Fsp3) is 0.227. The molecule has 35 heavy (non-hydrogen) atoms. The van der Waals surface area contributed by atoms with Gasteiger partial charge in [0.15, 0.2) is 0 Å². The minimum absolute atomic E-state index is 0.0296. The molecule has 2 atom stereocenters. The quantitative estimate of drug-likeness (QED) is 0.458. The van der Waals surface area contributed by atoms with Crippen molar-refractivity contribution in [3.05, 3.63) is 74.6 Å². The molecular formula is C22H19ClFN5O5S. The fourth-order valence-electron chi connectivity index (χ4n) is 3.87. The molecule has 0 saturated carbocycles. The van der Waals surface area contributed by atoms with E-state index < -0.39 is 36.4 Å². The van der Waals surface area contributed by atoms with E-state index >= 15 is 4.48 Å². The van der Waals surface area contributed by atoms with Gasteiger partial charge < -0.3 is 10.4 Å². The highest BCUT2D eigenvalue weighted by molar-refractivity contribution is 7.18. The molecule has 3 aromatic rings. The van der Waals surface area contributed by atoms with Crippen LogP contribution in [0, 0.1) is 0 Å². The second-order valence-corrected chi connectivity index (χ2v) is 9.48. The maximum absolute atomic E-state index is 15.1. The number of nitrogens with zero attached hydrogens (tertiary/aromatic N) is 4. The van der Waals surface area contributed by atoms with E-state index in [1.54, 1.807) is 12.1 Å². The summed E-state index contributed by atoms with van der Waals surface area (Å²) in [5.41, 5.74) is -0.00900. The van der Waals surface area contributed by atoms with Crippen LogP contribution in [0.3, 0.4) is 0 Å². The van der Waals surface area contributed by atoms with Gasteiger partial charge in [-0.3, -0.25) is 33.6 Å². The third-order valence-electron chi connectivity index (χ3n) is 5.43. The van der Waals surface area contributed by atoms with Gasteiger partial charge in [0.05, 0.1) is 33.7 Å². The summed E-state index contributed by atoms with van der Waals surface area (Å²) in [6.07, 6.45) is 4.05. The second kappa shape index (κ2) is 10.3. The SMILES string of the molecule is O=C(O)CN1C[C@@H](NC(=O)c2ccc(Cl)s2)C[C@H]1C(=O)N(F)c1ccc(-n2ccncc2=O)cc1. The number of carboxylic acid groups (broad SMARTS) is 1. The minimum atomic E-state index is -1.18. The van der Waals surface area contributed by atoms with Crippen LogP contribution in [0.4, 0.5) is 10.2 Å².